The maximum Gasteiger partial charge on any atom is 0.149 e. The van der Waals surface area contributed by atoms with E-state index < -0.39 is 0 Å². The van der Waals surface area contributed by atoms with E-state index in [-0.39, 0.29) is 0 Å². The minimum atomic E-state index is 0.491. The van der Waals surface area contributed by atoms with Crippen molar-refractivity contribution in [3.8, 4) is 0 Å². The maximum atomic E-state index is 5.64. The van der Waals surface area contributed by atoms with Crippen molar-refractivity contribution >= 4 is 22.3 Å². The summed E-state index contributed by atoms with van der Waals surface area (Å²) in [5, 5.41) is 5.78. The molecule has 3 rings (SSSR count). The standard InChI is InChI=1S/C16H16N4/c1-11-2-3-13-9-14(5-4-12(13)8-11)19-10-16-18-7-6-15(17)20-16/h2-9,19H,10H2,1H3,(H2,17,18,20). The third-order valence-corrected chi connectivity index (χ3v) is 3.17. The van der Waals surface area contributed by atoms with Gasteiger partial charge in [-0.3, -0.25) is 0 Å². The van der Waals surface area contributed by atoms with Crippen LogP contribution in [-0.2, 0) is 6.54 Å². The molecule has 0 amide bonds. The van der Waals surface area contributed by atoms with Gasteiger partial charge in [-0.1, -0.05) is 29.8 Å². The van der Waals surface area contributed by atoms with E-state index in [4.69, 9.17) is 5.73 Å². The average Bonchev–Trinajstić information content (AvgIpc) is 2.45. The monoisotopic (exact) mass is 264 g/mol. The number of nitrogen functional groups attached to an aromatic ring is 1. The summed E-state index contributed by atoms with van der Waals surface area (Å²) in [4.78, 5) is 8.34. The Hall–Kier alpha value is -2.62. The first kappa shape index (κ1) is 12.4. The molecule has 0 aliphatic rings. The number of anilines is 2. The number of aryl methyl sites for hydroxylation is 1. The van der Waals surface area contributed by atoms with Crippen molar-refractivity contribution in [3.05, 3.63) is 60.0 Å². The van der Waals surface area contributed by atoms with Crippen LogP contribution in [0.4, 0.5) is 11.5 Å². The van der Waals surface area contributed by atoms with Crippen LogP contribution in [0.5, 0.6) is 0 Å². The number of hydrogen-bond donors (Lipinski definition) is 2. The summed E-state index contributed by atoms with van der Waals surface area (Å²) in [6.07, 6.45) is 1.67. The fourth-order valence-corrected chi connectivity index (χ4v) is 2.16. The van der Waals surface area contributed by atoms with E-state index in [1.807, 2.05) is 0 Å². The third kappa shape index (κ3) is 2.69. The number of nitrogens with one attached hydrogen (secondary N) is 1. The molecule has 4 nitrogen and oxygen atoms in total. The Kier molecular flexibility index (Phi) is 3.21. The molecule has 1 aromatic heterocycles. The summed E-state index contributed by atoms with van der Waals surface area (Å²) >= 11 is 0. The molecule has 0 saturated heterocycles. The van der Waals surface area contributed by atoms with Crippen LogP contribution in [-0.4, -0.2) is 9.97 Å². The molecule has 3 N–H and O–H groups in total. The van der Waals surface area contributed by atoms with Crippen molar-refractivity contribution in [1.82, 2.24) is 9.97 Å². The average molecular weight is 264 g/mol. The molecule has 0 aliphatic carbocycles. The van der Waals surface area contributed by atoms with Gasteiger partial charge in [0.2, 0.25) is 0 Å². The van der Waals surface area contributed by atoms with Crippen molar-refractivity contribution in [2.45, 2.75) is 13.5 Å². The van der Waals surface area contributed by atoms with Crippen molar-refractivity contribution < 1.29 is 0 Å². The number of aromatic nitrogens is 2. The highest BCUT2D eigenvalue weighted by atomic mass is 15.0. The molecule has 3 aromatic rings. The zero-order valence-corrected chi connectivity index (χ0v) is 11.3. The number of fused-ring (bicyclic) bond motifs is 1. The van der Waals surface area contributed by atoms with Crippen LogP contribution in [0.2, 0.25) is 0 Å². The SMILES string of the molecule is Cc1ccc2cc(NCc3nccc(N)n3)ccc2c1. The van der Waals surface area contributed by atoms with Crippen LogP contribution in [0.3, 0.4) is 0 Å². The molecular formula is C16H16N4. The number of rotatable bonds is 3. The van der Waals surface area contributed by atoms with Gasteiger partial charge in [0.15, 0.2) is 0 Å². The van der Waals surface area contributed by atoms with Gasteiger partial charge in [0.25, 0.3) is 0 Å². The van der Waals surface area contributed by atoms with Crippen molar-refractivity contribution in [2.24, 2.45) is 0 Å². The summed E-state index contributed by atoms with van der Waals surface area (Å²) in [7, 11) is 0. The largest absolute Gasteiger partial charge is 0.384 e. The maximum absolute atomic E-state index is 5.64. The fraction of sp³-hybridized carbons (Fsp3) is 0.125. The van der Waals surface area contributed by atoms with E-state index in [1.165, 1.54) is 16.3 Å². The van der Waals surface area contributed by atoms with E-state index in [9.17, 15) is 0 Å². The molecule has 1 heterocycles. The normalized spacial score (nSPS) is 10.7. The highest BCUT2D eigenvalue weighted by Gasteiger charge is 1.99. The van der Waals surface area contributed by atoms with Gasteiger partial charge in [0.1, 0.15) is 11.6 Å². The molecule has 100 valence electrons. The van der Waals surface area contributed by atoms with Gasteiger partial charge < -0.3 is 11.1 Å². The van der Waals surface area contributed by atoms with Gasteiger partial charge in [-0.25, -0.2) is 9.97 Å². The highest BCUT2D eigenvalue weighted by molar-refractivity contribution is 5.86. The Balaban J connectivity index is 1.79. The molecule has 4 heteroatoms. The van der Waals surface area contributed by atoms with Gasteiger partial charge >= 0.3 is 0 Å². The second-order valence-electron chi connectivity index (χ2n) is 4.82. The molecule has 0 radical (unpaired) electrons. The van der Waals surface area contributed by atoms with Gasteiger partial charge in [-0.15, -0.1) is 0 Å². The second-order valence-corrected chi connectivity index (χ2v) is 4.82. The minimum absolute atomic E-state index is 0.491. The van der Waals surface area contributed by atoms with E-state index in [2.05, 4.69) is 58.6 Å². The smallest absolute Gasteiger partial charge is 0.149 e. The topological polar surface area (TPSA) is 63.8 Å². The van der Waals surface area contributed by atoms with Crippen molar-refractivity contribution in [1.29, 1.82) is 0 Å². The number of nitrogens with zero attached hydrogens (tertiary/aromatic N) is 2. The van der Waals surface area contributed by atoms with E-state index in [0.717, 1.165) is 5.69 Å². The van der Waals surface area contributed by atoms with Crippen molar-refractivity contribution in [2.75, 3.05) is 11.1 Å². The third-order valence-electron chi connectivity index (χ3n) is 3.17. The second kappa shape index (κ2) is 5.17. The molecule has 0 atom stereocenters. The molecule has 0 fully saturated rings. The van der Waals surface area contributed by atoms with E-state index in [0.29, 0.717) is 18.2 Å². The molecule has 0 unspecified atom stereocenters. The van der Waals surface area contributed by atoms with Crippen LogP contribution >= 0.6 is 0 Å². The van der Waals surface area contributed by atoms with Gasteiger partial charge in [-0.2, -0.15) is 0 Å². The lowest BCUT2D eigenvalue weighted by Gasteiger charge is -2.07. The molecule has 20 heavy (non-hydrogen) atoms. The first-order valence-corrected chi connectivity index (χ1v) is 6.52. The Labute approximate surface area is 117 Å². The predicted octanol–water partition coefficient (Wildman–Crippen LogP) is 3.13. The molecule has 0 bridgehead atoms. The highest BCUT2D eigenvalue weighted by Crippen LogP contribution is 2.20. The molecule has 0 aliphatic heterocycles. The summed E-state index contributed by atoms with van der Waals surface area (Å²) in [5.41, 5.74) is 7.96. The lowest BCUT2D eigenvalue weighted by Crippen LogP contribution is -2.05. The Morgan fingerprint density at radius 3 is 2.70 bits per heavy atom. The Morgan fingerprint density at radius 1 is 1.05 bits per heavy atom. The fourth-order valence-electron chi connectivity index (χ4n) is 2.16. The van der Waals surface area contributed by atoms with Gasteiger partial charge in [-0.05, 0) is 35.9 Å². The van der Waals surface area contributed by atoms with Crippen LogP contribution in [0.1, 0.15) is 11.4 Å². The summed E-state index contributed by atoms with van der Waals surface area (Å²) in [5.74, 6) is 1.18. The quantitative estimate of drug-likeness (QED) is 0.763. The van der Waals surface area contributed by atoms with Crippen LogP contribution in [0.25, 0.3) is 10.8 Å². The summed E-state index contributed by atoms with van der Waals surface area (Å²) < 4.78 is 0. The van der Waals surface area contributed by atoms with E-state index in [1.54, 1.807) is 12.3 Å². The van der Waals surface area contributed by atoms with Gasteiger partial charge in [0.05, 0.1) is 6.54 Å². The Bertz CT molecular complexity index is 752. The van der Waals surface area contributed by atoms with E-state index >= 15 is 0 Å². The lowest BCUT2D eigenvalue weighted by molar-refractivity contribution is 0.954. The first-order valence-electron chi connectivity index (χ1n) is 6.52. The lowest BCUT2D eigenvalue weighted by atomic mass is 10.1. The van der Waals surface area contributed by atoms with Crippen LogP contribution in [0.15, 0.2) is 48.7 Å². The predicted molar refractivity (Wildman–Crippen MR) is 82.5 cm³/mol. The number of hydrogen-bond acceptors (Lipinski definition) is 4. The number of nitrogens with two attached hydrogens (primary N) is 1. The summed E-state index contributed by atoms with van der Waals surface area (Å²) in [6, 6.07) is 14.4. The number of benzene rings is 2. The molecule has 0 spiro atoms. The molecule has 0 saturated carbocycles. The molecular weight excluding hydrogens is 248 g/mol. The Morgan fingerprint density at radius 2 is 1.85 bits per heavy atom. The summed E-state index contributed by atoms with van der Waals surface area (Å²) in [6.45, 7) is 2.66. The van der Waals surface area contributed by atoms with Crippen LogP contribution < -0.4 is 11.1 Å². The zero-order valence-electron chi connectivity index (χ0n) is 11.3. The van der Waals surface area contributed by atoms with Gasteiger partial charge in [0, 0.05) is 11.9 Å². The minimum Gasteiger partial charge on any atom is -0.384 e. The van der Waals surface area contributed by atoms with Crippen LogP contribution in [0, 0.1) is 6.92 Å². The first-order chi connectivity index (χ1) is 9.70. The van der Waals surface area contributed by atoms with Crippen molar-refractivity contribution in [3.63, 3.8) is 0 Å². The molecule has 2 aromatic carbocycles. The zero-order chi connectivity index (χ0) is 13.9.